The van der Waals surface area contributed by atoms with Crippen molar-refractivity contribution in [1.82, 2.24) is 5.32 Å². The molecule has 96 valence electrons. The SMILES string of the molecule is CCCNC(COC)CSc1ccc(C)cc1. The molecular formula is C14H23NOS. The standard InChI is InChI=1S/C14H23NOS/c1-4-9-15-13(10-16-3)11-17-14-7-5-12(2)6-8-14/h5-8,13,15H,4,9-11H2,1-3H3. The molecule has 17 heavy (non-hydrogen) atoms. The highest BCUT2D eigenvalue weighted by Gasteiger charge is 2.07. The van der Waals surface area contributed by atoms with Crippen molar-refractivity contribution in [1.29, 1.82) is 0 Å². The molecule has 1 atom stereocenters. The third-order valence-electron chi connectivity index (χ3n) is 2.52. The van der Waals surface area contributed by atoms with Gasteiger partial charge in [-0.2, -0.15) is 0 Å². The van der Waals surface area contributed by atoms with Crippen molar-refractivity contribution in [2.75, 3.05) is 26.0 Å². The van der Waals surface area contributed by atoms with Crippen LogP contribution in [0.2, 0.25) is 0 Å². The number of benzene rings is 1. The quantitative estimate of drug-likeness (QED) is 0.719. The monoisotopic (exact) mass is 253 g/mol. The second-order valence-corrected chi connectivity index (χ2v) is 5.32. The molecule has 0 aromatic heterocycles. The molecule has 0 amide bonds. The lowest BCUT2D eigenvalue weighted by Gasteiger charge is -2.17. The molecule has 1 aromatic rings. The van der Waals surface area contributed by atoms with Gasteiger partial charge in [0.25, 0.3) is 0 Å². The molecule has 0 fully saturated rings. The predicted molar refractivity (Wildman–Crippen MR) is 75.9 cm³/mol. The highest BCUT2D eigenvalue weighted by Crippen LogP contribution is 2.19. The first-order valence-corrected chi connectivity index (χ1v) is 7.16. The minimum Gasteiger partial charge on any atom is -0.383 e. The van der Waals surface area contributed by atoms with Crippen molar-refractivity contribution in [2.24, 2.45) is 0 Å². The van der Waals surface area contributed by atoms with Gasteiger partial charge in [0.15, 0.2) is 0 Å². The summed E-state index contributed by atoms with van der Waals surface area (Å²) in [4.78, 5) is 1.33. The number of nitrogens with one attached hydrogen (secondary N) is 1. The van der Waals surface area contributed by atoms with E-state index in [0.717, 1.165) is 25.3 Å². The molecule has 0 aliphatic heterocycles. The zero-order chi connectivity index (χ0) is 12.5. The van der Waals surface area contributed by atoms with Gasteiger partial charge in [-0.05, 0) is 32.0 Å². The van der Waals surface area contributed by atoms with Gasteiger partial charge in [-0.3, -0.25) is 0 Å². The number of hydrogen-bond acceptors (Lipinski definition) is 3. The highest BCUT2D eigenvalue weighted by molar-refractivity contribution is 7.99. The Kier molecular flexibility index (Phi) is 7.33. The van der Waals surface area contributed by atoms with Crippen LogP contribution in [0.5, 0.6) is 0 Å². The summed E-state index contributed by atoms with van der Waals surface area (Å²) < 4.78 is 5.23. The molecule has 0 heterocycles. The first-order valence-electron chi connectivity index (χ1n) is 6.18. The molecule has 0 spiro atoms. The van der Waals surface area contributed by atoms with Crippen molar-refractivity contribution in [2.45, 2.75) is 31.2 Å². The summed E-state index contributed by atoms with van der Waals surface area (Å²) in [5, 5.41) is 3.51. The summed E-state index contributed by atoms with van der Waals surface area (Å²) in [6.07, 6.45) is 1.16. The van der Waals surface area contributed by atoms with Crippen molar-refractivity contribution < 1.29 is 4.74 Å². The van der Waals surface area contributed by atoms with E-state index in [0.29, 0.717) is 6.04 Å². The Labute approximate surface area is 109 Å². The van der Waals surface area contributed by atoms with E-state index in [-0.39, 0.29) is 0 Å². The Morgan fingerprint density at radius 2 is 2.00 bits per heavy atom. The minimum absolute atomic E-state index is 0.436. The summed E-state index contributed by atoms with van der Waals surface area (Å²) in [7, 11) is 1.76. The van der Waals surface area contributed by atoms with E-state index in [1.165, 1.54) is 10.5 Å². The largest absolute Gasteiger partial charge is 0.383 e. The van der Waals surface area contributed by atoms with E-state index < -0.39 is 0 Å². The van der Waals surface area contributed by atoms with Crippen molar-refractivity contribution in [3.63, 3.8) is 0 Å². The fraction of sp³-hybridized carbons (Fsp3) is 0.571. The lowest BCUT2D eigenvalue weighted by atomic mass is 10.2. The second kappa shape index (κ2) is 8.56. The van der Waals surface area contributed by atoms with E-state index >= 15 is 0 Å². The van der Waals surface area contributed by atoms with Gasteiger partial charge in [0.05, 0.1) is 6.61 Å². The van der Waals surface area contributed by atoms with E-state index in [9.17, 15) is 0 Å². The molecule has 0 aliphatic carbocycles. The molecule has 0 radical (unpaired) electrons. The van der Waals surface area contributed by atoms with Crippen LogP contribution >= 0.6 is 11.8 Å². The van der Waals surface area contributed by atoms with Crippen LogP contribution in [0.4, 0.5) is 0 Å². The number of rotatable bonds is 8. The van der Waals surface area contributed by atoms with Crippen LogP contribution in [0.25, 0.3) is 0 Å². The number of aryl methyl sites for hydroxylation is 1. The van der Waals surface area contributed by atoms with Crippen molar-refractivity contribution >= 4 is 11.8 Å². The molecule has 1 unspecified atom stereocenters. The summed E-state index contributed by atoms with van der Waals surface area (Å²) in [6.45, 7) is 6.14. The number of hydrogen-bond donors (Lipinski definition) is 1. The smallest absolute Gasteiger partial charge is 0.0624 e. The molecule has 0 bridgehead atoms. The highest BCUT2D eigenvalue weighted by atomic mass is 32.2. The lowest BCUT2D eigenvalue weighted by Crippen LogP contribution is -2.35. The molecule has 1 rings (SSSR count). The van der Waals surface area contributed by atoms with Gasteiger partial charge in [0, 0.05) is 23.8 Å². The van der Waals surface area contributed by atoms with E-state index in [1.54, 1.807) is 7.11 Å². The average molecular weight is 253 g/mol. The molecule has 2 nitrogen and oxygen atoms in total. The Hall–Kier alpha value is -0.510. The van der Waals surface area contributed by atoms with Crippen LogP contribution in [-0.2, 0) is 4.74 Å². The van der Waals surface area contributed by atoms with Gasteiger partial charge in [0.1, 0.15) is 0 Å². The van der Waals surface area contributed by atoms with Crippen LogP contribution in [0, 0.1) is 6.92 Å². The van der Waals surface area contributed by atoms with Gasteiger partial charge in [-0.25, -0.2) is 0 Å². The van der Waals surface area contributed by atoms with E-state index in [4.69, 9.17) is 4.74 Å². The third kappa shape index (κ3) is 6.10. The molecular weight excluding hydrogens is 230 g/mol. The van der Waals surface area contributed by atoms with Crippen LogP contribution in [0.15, 0.2) is 29.2 Å². The lowest BCUT2D eigenvalue weighted by molar-refractivity contribution is 0.174. The minimum atomic E-state index is 0.436. The Morgan fingerprint density at radius 1 is 1.29 bits per heavy atom. The van der Waals surface area contributed by atoms with E-state index in [2.05, 4.69) is 43.4 Å². The fourth-order valence-corrected chi connectivity index (χ4v) is 2.48. The predicted octanol–water partition coefficient (Wildman–Crippen LogP) is 3.10. The molecule has 0 saturated carbocycles. The normalized spacial score (nSPS) is 12.6. The fourth-order valence-electron chi connectivity index (χ4n) is 1.55. The molecule has 0 aliphatic rings. The summed E-state index contributed by atoms with van der Waals surface area (Å²) in [5.74, 6) is 1.05. The first kappa shape index (κ1) is 14.6. The molecule has 3 heteroatoms. The van der Waals surface area contributed by atoms with Gasteiger partial charge < -0.3 is 10.1 Å². The summed E-state index contributed by atoms with van der Waals surface area (Å²) in [5.41, 5.74) is 1.31. The summed E-state index contributed by atoms with van der Waals surface area (Å²) >= 11 is 1.89. The molecule has 0 saturated heterocycles. The van der Waals surface area contributed by atoms with Gasteiger partial charge in [0.2, 0.25) is 0 Å². The van der Waals surface area contributed by atoms with Crippen LogP contribution in [-0.4, -0.2) is 32.1 Å². The second-order valence-electron chi connectivity index (χ2n) is 4.23. The summed E-state index contributed by atoms with van der Waals surface area (Å²) in [6, 6.07) is 9.12. The maximum atomic E-state index is 5.23. The number of ether oxygens (including phenoxy) is 1. The Bertz CT molecular complexity index is 300. The van der Waals surface area contributed by atoms with Crippen molar-refractivity contribution in [3.05, 3.63) is 29.8 Å². The molecule has 1 N–H and O–H groups in total. The Balaban J connectivity index is 2.37. The number of methoxy groups -OCH3 is 1. The van der Waals surface area contributed by atoms with Gasteiger partial charge >= 0.3 is 0 Å². The van der Waals surface area contributed by atoms with Gasteiger partial charge in [-0.15, -0.1) is 11.8 Å². The van der Waals surface area contributed by atoms with Crippen LogP contribution in [0.1, 0.15) is 18.9 Å². The van der Waals surface area contributed by atoms with Crippen LogP contribution < -0.4 is 5.32 Å². The Morgan fingerprint density at radius 3 is 2.59 bits per heavy atom. The average Bonchev–Trinajstić information content (AvgIpc) is 2.35. The topological polar surface area (TPSA) is 21.3 Å². The zero-order valence-electron chi connectivity index (χ0n) is 11.0. The number of thioether (sulfide) groups is 1. The zero-order valence-corrected chi connectivity index (χ0v) is 11.8. The van der Waals surface area contributed by atoms with Crippen molar-refractivity contribution in [3.8, 4) is 0 Å². The first-order chi connectivity index (χ1) is 8.26. The maximum Gasteiger partial charge on any atom is 0.0624 e. The van der Waals surface area contributed by atoms with Crippen LogP contribution in [0.3, 0.4) is 0 Å². The van der Waals surface area contributed by atoms with Gasteiger partial charge in [-0.1, -0.05) is 24.6 Å². The molecule has 1 aromatic carbocycles. The van der Waals surface area contributed by atoms with E-state index in [1.807, 2.05) is 11.8 Å². The maximum absolute atomic E-state index is 5.23. The third-order valence-corrected chi connectivity index (χ3v) is 3.70.